The van der Waals surface area contributed by atoms with Gasteiger partial charge >= 0.3 is 0 Å². The van der Waals surface area contributed by atoms with Crippen LogP contribution >= 0.6 is 0 Å². The van der Waals surface area contributed by atoms with Gasteiger partial charge in [-0.1, -0.05) is 13.8 Å². The van der Waals surface area contributed by atoms with E-state index in [1.807, 2.05) is 6.92 Å². The number of anilines is 1. The molecule has 1 rings (SSSR count). The number of nitrogens with zero attached hydrogens (tertiary/aromatic N) is 3. The molecule has 1 atom stereocenters. The van der Waals surface area contributed by atoms with Gasteiger partial charge in [-0.25, -0.2) is 0 Å². The number of hydrogen-bond donors (Lipinski definition) is 1. The molecule has 1 aromatic heterocycles. The normalized spacial score (nSPS) is 12.6. The van der Waals surface area contributed by atoms with Gasteiger partial charge in [-0.2, -0.15) is 0 Å². The third kappa shape index (κ3) is 2.68. The summed E-state index contributed by atoms with van der Waals surface area (Å²) in [7, 11) is 1.77. The zero-order chi connectivity index (χ0) is 12.3. The van der Waals surface area contributed by atoms with E-state index in [1.54, 1.807) is 24.1 Å². The van der Waals surface area contributed by atoms with Crippen molar-refractivity contribution in [2.75, 3.05) is 12.8 Å². The maximum atomic E-state index is 12.0. The van der Waals surface area contributed by atoms with Crippen LogP contribution in [0.4, 0.5) is 5.82 Å². The molecule has 16 heavy (non-hydrogen) atoms. The van der Waals surface area contributed by atoms with Gasteiger partial charge in [0.15, 0.2) is 5.69 Å². The fraction of sp³-hybridized carbons (Fsp3) is 0.545. The molecule has 2 N–H and O–H groups in total. The van der Waals surface area contributed by atoms with Gasteiger partial charge in [0.05, 0.1) is 0 Å². The van der Waals surface area contributed by atoms with Crippen LogP contribution in [0.5, 0.6) is 0 Å². The first-order valence-electron chi connectivity index (χ1n) is 5.30. The van der Waals surface area contributed by atoms with Crippen molar-refractivity contribution in [1.82, 2.24) is 15.1 Å². The number of nitrogen functional groups attached to an aromatic ring is 1. The Bertz CT molecular complexity index is 361. The molecular weight excluding hydrogens is 204 g/mol. The van der Waals surface area contributed by atoms with Gasteiger partial charge in [0, 0.05) is 13.1 Å². The van der Waals surface area contributed by atoms with Gasteiger partial charge in [-0.05, 0) is 25.0 Å². The molecule has 1 unspecified atom stereocenters. The standard InChI is InChI=1S/C11H18N4O/c1-7(2)8(3)15(4)11(16)9-5-6-10(12)14-13-9/h5-8H,1-4H3,(H2,12,14). The second-order valence-corrected chi connectivity index (χ2v) is 4.24. The van der Waals surface area contributed by atoms with Gasteiger partial charge in [0.1, 0.15) is 5.82 Å². The van der Waals surface area contributed by atoms with Crippen LogP contribution in [0.25, 0.3) is 0 Å². The summed E-state index contributed by atoms with van der Waals surface area (Å²) < 4.78 is 0. The van der Waals surface area contributed by atoms with Gasteiger partial charge in [0.25, 0.3) is 5.91 Å². The Morgan fingerprint density at radius 3 is 2.38 bits per heavy atom. The van der Waals surface area contributed by atoms with Gasteiger partial charge in [0.2, 0.25) is 0 Å². The molecule has 0 spiro atoms. The average Bonchev–Trinajstić information content (AvgIpc) is 2.27. The number of rotatable bonds is 3. The second-order valence-electron chi connectivity index (χ2n) is 4.24. The molecule has 0 aliphatic rings. The molecule has 0 aliphatic carbocycles. The Morgan fingerprint density at radius 1 is 1.31 bits per heavy atom. The SMILES string of the molecule is CC(C)C(C)N(C)C(=O)c1ccc(N)nn1. The van der Waals surface area contributed by atoms with Gasteiger partial charge < -0.3 is 10.6 Å². The van der Waals surface area contributed by atoms with Crippen molar-refractivity contribution in [3.63, 3.8) is 0 Å². The molecule has 5 heteroatoms. The third-order valence-electron chi connectivity index (χ3n) is 2.80. The van der Waals surface area contributed by atoms with Crippen LogP contribution in [-0.4, -0.2) is 34.1 Å². The van der Waals surface area contributed by atoms with Crippen LogP contribution in [-0.2, 0) is 0 Å². The van der Waals surface area contributed by atoms with Crippen molar-refractivity contribution in [3.05, 3.63) is 17.8 Å². The third-order valence-corrected chi connectivity index (χ3v) is 2.80. The smallest absolute Gasteiger partial charge is 0.274 e. The summed E-state index contributed by atoms with van der Waals surface area (Å²) in [6.45, 7) is 6.15. The van der Waals surface area contributed by atoms with Crippen LogP contribution < -0.4 is 5.73 Å². The number of nitrogens with two attached hydrogens (primary N) is 1. The Balaban J connectivity index is 2.82. The van der Waals surface area contributed by atoms with Crippen LogP contribution in [0.3, 0.4) is 0 Å². The maximum Gasteiger partial charge on any atom is 0.274 e. The summed E-state index contributed by atoms with van der Waals surface area (Å²) in [4.78, 5) is 13.7. The predicted octanol–water partition coefficient (Wildman–Crippen LogP) is 1.18. The van der Waals surface area contributed by atoms with E-state index in [9.17, 15) is 4.79 Å². The summed E-state index contributed by atoms with van der Waals surface area (Å²) in [5.41, 5.74) is 5.74. The van der Waals surface area contributed by atoms with Crippen molar-refractivity contribution < 1.29 is 4.79 Å². The summed E-state index contributed by atoms with van der Waals surface area (Å²) in [5, 5.41) is 7.44. The zero-order valence-corrected chi connectivity index (χ0v) is 10.1. The lowest BCUT2D eigenvalue weighted by Crippen LogP contribution is -2.38. The molecular formula is C11H18N4O. The van der Waals surface area contributed by atoms with Crippen molar-refractivity contribution in [1.29, 1.82) is 0 Å². The average molecular weight is 222 g/mol. The van der Waals surface area contributed by atoms with E-state index < -0.39 is 0 Å². The predicted molar refractivity (Wildman–Crippen MR) is 62.8 cm³/mol. The maximum absolute atomic E-state index is 12.0. The van der Waals surface area contributed by atoms with E-state index in [4.69, 9.17) is 5.73 Å². The van der Waals surface area contributed by atoms with Gasteiger partial charge in [-0.3, -0.25) is 4.79 Å². The molecule has 88 valence electrons. The minimum atomic E-state index is -0.131. The number of carbonyl (C=O) groups excluding carboxylic acids is 1. The molecule has 0 fully saturated rings. The van der Waals surface area contributed by atoms with Crippen LogP contribution in [0.2, 0.25) is 0 Å². The largest absolute Gasteiger partial charge is 0.382 e. The zero-order valence-electron chi connectivity index (χ0n) is 10.1. The topological polar surface area (TPSA) is 72.1 Å². The lowest BCUT2D eigenvalue weighted by atomic mass is 10.1. The molecule has 5 nitrogen and oxygen atoms in total. The van der Waals surface area contributed by atoms with E-state index in [1.165, 1.54) is 0 Å². The second kappa shape index (κ2) is 4.92. The molecule has 1 heterocycles. The highest BCUT2D eigenvalue weighted by molar-refractivity contribution is 5.92. The molecule has 0 bridgehead atoms. The first kappa shape index (κ1) is 12.4. The lowest BCUT2D eigenvalue weighted by molar-refractivity contribution is 0.0700. The Labute approximate surface area is 95.7 Å². The highest BCUT2D eigenvalue weighted by atomic mass is 16.2. The summed E-state index contributed by atoms with van der Waals surface area (Å²) in [6, 6.07) is 3.33. The van der Waals surface area contributed by atoms with Gasteiger partial charge in [-0.15, -0.1) is 10.2 Å². The van der Waals surface area contributed by atoms with Crippen LogP contribution in [0.1, 0.15) is 31.3 Å². The van der Waals surface area contributed by atoms with E-state index in [-0.39, 0.29) is 11.9 Å². The number of hydrogen-bond acceptors (Lipinski definition) is 4. The highest BCUT2D eigenvalue weighted by Crippen LogP contribution is 2.11. The molecule has 0 aliphatic heterocycles. The molecule has 0 aromatic carbocycles. The molecule has 1 amide bonds. The van der Waals surface area contributed by atoms with E-state index in [2.05, 4.69) is 24.0 Å². The highest BCUT2D eigenvalue weighted by Gasteiger charge is 2.20. The van der Waals surface area contributed by atoms with Crippen molar-refractivity contribution in [3.8, 4) is 0 Å². The number of aromatic nitrogens is 2. The van der Waals surface area contributed by atoms with Crippen LogP contribution in [0.15, 0.2) is 12.1 Å². The monoisotopic (exact) mass is 222 g/mol. The fourth-order valence-electron chi connectivity index (χ4n) is 1.27. The molecule has 0 saturated heterocycles. The summed E-state index contributed by atoms with van der Waals surface area (Å²) in [5.74, 6) is 0.584. The lowest BCUT2D eigenvalue weighted by Gasteiger charge is -2.27. The molecule has 0 radical (unpaired) electrons. The summed E-state index contributed by atoms with van der Waals surface area (Å²) in [6.07, 6.45) is 0. The van der Waals surface area contributed by atoms with E-state index in [0.29, 0.717) is 17.4 Å². The van der Waals surface area contributed by atoms with Crippen molar-refractivity contribution in [2.24, 2.45) is 5.92 Å². The minimum Gasteiger partial charge on any atom is -0.382 e. The minimum absolute atomic E-state index is 0.131. The quantitative estimate of drug-likeness (QED) is 0.833. The summed E-state index contributed by atoms with van der Waals surface area (Å²) >= 11 is 0. The molecule has 1 aromatic rings. The Kier molecular flexibility index (Phi) is 3.82. The van der Waals surface area contributed by atoms with Crippen LogP contribution in [0, 0.1) is 5.92 Å². The van der Waals surface area contributed by atoms with E-state index in [0.717, 1.165) is 0 Å². The number of carbonyl (C=O) groups is 1. The fourth-order valence-corrected chi connectivity index (χ4v) is 1.27. The first-order valence-corrected chi connectivity index (χ1v) is 5.30. The van der Waals surface area contributed by atoms with Crippen molar-refractivity contribution >= 4 is 11.7 Å². The van der Waals surface area contributed by atoms with E-state index >= 15 is 0 Å². The first-order chi connectivity index (χ1) is 7.43. The van der Waals surface area contributed by atoms with Crippen molar-refractivity contribution in [2.45, 2.75) is 26.8 Å². The Hall–Kier alpha value is -1.65. The number of amides is 1. The Morgan fingerprint density at radius 2 is 1.94 bits per heavy atom. The molecule has 0 saturated carbocycles.